The first-order chi connectivity index (χ1) is 12.4. The highest BCUT2D eigenvalue weighted by Crippen LogP contribution is 2.27. The van der Waals surface area contributed by atoms with E-state index >= 15 is 0 Å². The van der Waals surface area contributed by atoms with E-state index in [0.29, 0.717) is 11.1 Å². The van der Waals surface area contributed by atoms with Gasteiger partial charge in [0.05, 0.1) is 11.1 Å². The number of imide groups is 1. The summed E-state index contributed by atoms with van der Waals surface area (Å²) in [7, 11) is 0. The van der Waals surface area contributed by atoms with Gasteiger partial charge in [-0.25, -0.2) is 4.39 Å². The quantitative estimate of drug-likeness (QED) is 0.840. The fourth-order valence-electron chi connectivity index (χ4n) is 3.07. The van der Waals surface area contributed by atoms with Crippen LogP contribution in [0, 0.1) is 11.7 Å². The van der Waals surface area contributed by atoms with Crippen molar-refractivity contribution in [1.82, 2.24) is 10.2 Å². The number of halogens is 1. The summed E-state index contributed by atoms with van der Waals surface area (Å²) in [6.07, 6.45) is 0. The monoisotopic (exact) mass is 354 g/mol. The SMILES string of the molecule is CC(C)[C@@H](C(=O)NCc1ccc(F)cc1)N1C(=O)c2ccccc2C1=O. The van der Waals surface area contributed by atoms with E-state index < -0.39 is 23.8 Å². The molecule has 0 spiro atoms. The Kier molecular flexibility index (Phi) is 4.84. The maximum atomic E-state index is 13.0. The molecule has 1 aliphatic rings. The lowest BCUT2D eigenvalue weighted by Gasteiger charge is -2.28. The number of amides is 3. The molecule has 2 aromatic carbocycles. The molecular formula is C20H19FN2O3. The van der Waals surface area contributed by atoms with Gasteiger partial charge in [-0.15, -0.1) is 0 Å². The van der Waals surface area contributed by atoms with Crippen molar-refractivity contribution in [2.24, 2.45) is 5.92 Å². The third-order valence-electron chi connectivity index (χ3n) is 4.38. The summed E-state index contributed by atoms with van der Waals surface area (Å²) in [6.45, 7) is 3.75. The van der Waals surface area contributed by atoms with E-state index in [-0.39, 0.29) is 18.3 Å². The molecule has 1 atom stereocenters. The first kappa shape index (κ1) is 17.8. The van der Waals surface area contributed by atoms with Gasteiger partial charge in [0.2, 0.25) is 5.91 Å². The molecule has 1 N–H and O–H groups in total. The summed E-state index contributed by atoms with van der Waals surface area (Å²) in [6, 6.07) is 11.4. The number of nitrogens with zero attached hydrogens (tertiary/aromatic N) is 1. The van der Waals surface area contributed by atoms with Crippen LogP contribution in [0.3, 0.4) is 0 Å². The third kappa shape index (κ3) is 3.22. The van der Waals surface area contributed by atoms with E-state index in [0.717, 1.165) is 10.5 Å². The zero-order chi connectivity index (χ0) is 18.8. The molecule has 0 aromatic heterocycles. The Morgan fingerprint density at radius 3 is 2.04 bits per heavy atom. The topological polar surface area (TPSA) is 66.5 Å². The molecule has 2 aromatic rings. The van der Waals surface area contributed by atoms with E-state index in [4.69, 9.17) is 0 Å². The zero-order valence-corrected chi connectivity index (χ0v) is 14.5. The zero-order valence-electron chi connectivity index (χ0n) is 14.5. The normalized spacial score (nSPS) is 14.5. The second-order valence-corrected chi connectivity index (χ2v) is 6.56. The Morgan fingerprint density at radius 1 is 1.00 bits per heavy atom. The molecule has 3 rings (SSSR count). The van der Waals surface area contributed by atoms with E-state index in [1.807, 2.05) is 0 Å². The highest BCUT2D eigenvalue weighted by atomic mass is 19.1. The minimum absolute atomic E-state index is 0.186. The number of hydrogen-bond donors (Lipinski definition) is 1. The Bertz CT molecular complexity index is 827. The van der Waals surface area contributed by atoms with Crippen molar-refractivity contribution in [2.45, 2.75) is 26.4 Å². The van der Waals surface area contributed by atoms with Crippen LogP contribution in [-0.2, 0) is 11.3 Å². The van der Waals surface area contributed by atoms with Crippen LogP contribution < -0.4 is 5.32 Å². The van der Waals surface area contributed by atoms with Gasteiger partial charge in [-0.1, -0.05) is 38.1 Å². The van der Waals surface area contributed by atoms with Crippen molar-refractivity contribution in [1.29, 1.82) is 0 Å². The van der Waals surface area contributed by atoms with Crippen LogP contribution in [0.4, 0.5) is 4.39 Å². The summed E-state index contributed by atoms with van der Waals surface area (Å²) < 4.78 is 13.0. The molecule has 0 fully saturated rings. The number of rotatable bonds is 5. The minimum Gasteiger partial charge on any atom is -0.350 e. The van der Waals surface area contributed by atoms with E-state index in [2.05, 4.69) is 5.32 Å². The summed E-state index contributed by atoms with van der Waals surface area (Å²) in [5, 5.41) is 2.74. The molecule has 6 heteroatoms. The van der Waals surface area contributed by atoms with Crippen LogP contribution in [-0.4, -0.2) is 28.7 Å². The van der Waals surface area contributed by atoms with Gasteiger partial charge in [-0.05, 0) is 35.7 Å². The number of carbonyl (C=O) groups is 3. The maximum absolute atomic E-state index is 13.0. The van der Waals surface area contributed by atoms with E-state index in [1.165, 1.54) is 12.1 Å². The molecule has 1 aliphatic heterocycles. The van der Waals surface area contributed by atoms with Crippen molar-refractivity contribution in [3.63, 3.8) is 0 Å². The number of hydrogen-bond acceptors (Lipinski definition) is 3. The van der Waals surface area contributed by atoms with Gasteiger partial charge in [0.25, 0.3) is 11.8 Å². The Hall–Kier alpha value is -3.02. The fourth-order valence-corrected chi connectivity index (χ4v) is 3.07. The molecule has 5 nitrogen and oxygen atoms in total. The molecule has 26 heavy (non-hydrogen) atoms. The van der Waals surface area contributed by atoms with Gasteiger partial charge in [0.15, 0.2) is 0 Å². The number of nitrogens with one attached hydrogen (secondary N) is 1. The third-order valence-corrected chi connectivity index (χ3v) is 4.38. The van der Waals surface area contributed by atoms with E-state index in [9.17, 15) is 18.8 Å². The molecular weight excluding hydrogens is 335 g/mol. The summed E-state index contributed by atoms with van der Waals surface area (Å²) in [5.41, 5.74) is 1.36. The molecule has 134 valence electrons. The second-order valence-electron chi connectivity index (χ2n) is 6.56. The minimum atomic E-state index is -0.914. The largest absolute Gasteiger partial charge is 0.350 e. The average molecular weight is 354 g/mol. The van der Waals surface area contributed by atoms with Gasteiger partial charge in [-0.2, -0.15) is 0 Å². The van der Waals surface area contributed by atoms with Gasteiger partial charge >= 0.3 is 0 Å². The number of benzene rings is 2. The molecule has 1 heterocycles. The Labute approximate surface area is 150 Å². The summed E-state index contributed by atoms with van der Waals surface area (Å²) in [5.74, 6) is -1.95. The smallest absolute Gasteiger partial charge is 0.262 e. The first-order valence-corrected chi connectivity index (χ1v) is 8.39. The molecule has 0 radical (unpaired) electrons. The van der Waals surface area contributed by atoms with Crippen molar-refractivity contribution in [2.75, 3.05) is 0 Å². The standard InChI is InChI=1S/C20H19FN2O3/c1-12(2)17(18(24)22-11-13-7-9-14(21)10-8-13)23-19(25)15-5-3-4-6-16(15)20(23)26/h3-10,12,17H,11H2,1-2H3,(H,22,24)/t17-/m0/s1. The highest BCUT2D eigenvalue weighted by Gasteiger charge is 2.43. The fraction of sp³-hybridized carbons (Fsp3) is 0.250. The Morgan fingerprint density at radius 2 is 1.54 bits per heavy atom. The van der Waals surface area contributed by atoms with Crippen LogP contribution in [0.1, 0.15) is 40.1 Å². The molecule has 0 saturated heterocycles. The second kappa shape index (κ2) is 7.07. The molecule has 0 unspecified atom stereocenters. The van der Waals surface area contributed by atoms with Crippen LogP contribution in [0.25, 0.3) is 0 Å². The number of fused-ring (bicyclic) bond motifs is 1. The summed E-state index contributed by atoms with van der Waals surface area (Å²) >= 11 is 0. The summed E-state index contributed by atoms with van der Waals surface area (Å²) in [4.78, 5) is 39.1. The van der Waals surface area contributed by atoms with Crippen molar-refractivity contribution >= 4 is 17.7 Å². The van der Waals surface area contributed by atoms with Gasteiger partial charge in [0, 0.05) is 6.54 Å². The van der Waals surface area contributed by atoms with Crippen LogP contribution in [0.5, 0.6) is 0 Å². The van der Waals surface area contributed by atoms with Gasteiger partial charge in [-0.3, -0.25) is 19.3 Å². The van der Waals surface area contributed by atoms with Crippen molar-refractivity contribution in [3.05, 3.63) is 71.0 Å². The molecule has 3 amide bonds. The van der Waals surface area contributed by atoms with Crippen LogP contribution >= 0.6 is 0 Å². The predicted octanol–water partition coefficient (Wildman–Crippen LogP) is 2.76. The lowest BCUT2D eigenvalue weighted by molar-refractivity contribution is -0.126. The maximum Gasteiger partial charge on any atom is 0.262 e. The molecule has 0 saturated carbocycles. The van der Waals surface area contributed by atoms with Gasteiger partial charge < -0.3 is 5.32 Å². The van der Waals surface area contributed by atoms with Crippen LogP contribution in [0.2, 0.25) is 0 Å². The number of carbonyl (C=O) groups excluding carboxylic acids is 3. The van der Waals surface area contributed by atoms with E-state index in [1.54, 1.807) is 50.2 Å². The van der Waals surface area contributed by atoms with Crippen LogP contribution in [0.15, 0.2) is 48.5 Å². The first-order valence-electron chi connectivity index (χ1n) is 8.39. The van der Waals surface area contributed by atoms with Gasteiger partial charge in [0.1, 0.15) is 11.9 Å². The lowest BCUT2D eigenvalue weighted by Crippen LogP contribution is -2.52. The van der Waals surface area contributed by atoms with Crippen molar-refractivity contribution < 1.29 is 18.8 Å². The highest BCUT2D eigenvalue weighted by molar-refractivity contribution is 6.22. The lowest BCUT2D eigenvalue weighted by atomic mass is 10.0. The average Bonchev–Trinajstić information content (AvgIpc) is 2.87. The Balaban J connectivity index is 1.79. The molecule has 0 aliphatic carbocycles. The van der Waals surface area contributed by atoms with Crippen molar-refractivity contribution in [3.8, 4) is 0 Å². The molecule has 0 bridgehead atoms. The predicted molar refractivity (Wildman–Crippen MR) is 93.8 cm³/mol.